The topological polar surface area (TPSA) is 58.4 Å². The van der Waals surface area contributed by atoms with Crippen LogP contribution in [0.2, 0.25) is 0 Å². The van der Waals surface area contributed by atoms with E-state index in [0.717, 1.165) is 6.07 Å². The van der Waals surface area contributed by atoms with Crippen LogP contribution >= 0.6 is 0 Å². The second-order valence-corrected chi connectivity index (χ2v) is 5.02. The molecule has 1 aliphatic heterocycles. The quantitative estimate of drug-likeness (QED) is 0.895. The van der Waals surface area contributed by atoms with Gasteiger partial charge in [-0.1, -0.05) is 0 Å². The lowest BCUT2D eigenvalue weighted by Crippen LogP contribution is -2.36. The summed E-state index contributed by atoms with van der Waals surface area (Å²) < 4.78 is 39.1. The van der Waals surface area contributed by atoms with Gasteiger partial charge in [-0.3, -0.25) is 9.48 Å². The first kappa shape index (κ1) is 14.8. The number of aliphatic hydroxyl groups excluding tert-OH is 1. The van der Waals surface area contributed by atoms with Gasteiger partial charge < -0.3 is 10.0 Å². The minimum absolute atomic E-state index is 0.267. The molecule has 1 aromatic heterocycles. The number of aryl methyl sites for hydroxylation is 1. The highest BCUT2D eigenvalue weighted by Gasteiger charge is 2.36. The summed E-state index contributed by atoms with van der Waals surface area (Å²) >= 11 is 0. The Labute approximate surface area is 114 Å². The monoisotopic (exact) mass is 291 g/mol. The molecule has 2 unspecified atom stereocenters. The predicted molar refractivity (Wildman–Crippen MR) is 63.9 cm³/mol. The Balaban J connectivity index is 2.15. The van der Waals surface area contributed by atoms with Crippen LogP contribution in [0.1, 0.15) is 30.8 Å². The molecule has 8 heteroatoms. The maximum absolute atomic E-state index is 12.6. The summed E-state index contributed by atoms with van der Waals surface area (Å²) in [6.45, 7) is 3.61. The number of hydrogen-bond donors (Lipinski definition) is 1. The first-order valence-electron chi connectivity index (χ1n) is 6.30. The number of rotatable bonds is 2. The van der Waals surface area contributed by atoms with Gasteiger partial charge in [-0.05, 0) is 26.3 Å². The van der Waals surface area contributed by atoms with Crippen molar-refractivity contribution in [1.82, 2.24) is 14.7 Å². The van der Waals surface area contributed by atoms with Crippen LogP contribution in [-0.4, -0.2) is 44.9 Å². The molecule has 0 bridgehead atoms. The number of halogens is 3. The molecule has 0 radical (unpaired) electrons. The number of aromatic nitrogens is 2. The van der Waals surface area contributed by atoms with E-state index in [0.29, 0.717) is 18.7 Å². The van der Waals surface area contributed by atoms with Crippen LogP contribution in [0.5, 0.6) is 0 Å². The maximum atomic E-state index is 12.6. The SMILES string of the molecule is Cc1cc(C(F)(F)F)nn1C1CCN(C(=O)C(C)O)C1. The molecule has 2 atom stereocenters. The molecular formula is C12H16F3N3O2. The zero-order valence-electron chi connectivity index (χ0n) is 11.2. The zero-order valence-corrected chi connectivity index (χ0v) is 11.2. The Morgan fingerprint density at radius 2 is 2.20 bits per heavy atom. The third-order valence-electron chi connectivity index (χ3n) is 3.39. The van der Waals surface area contributed by atoms with E-state index in [4.69, 9.17) is 0 Å². The number of nitrogens with zero attached hydrogens (tertiary/aromatic N) is 3. The van der Waals surface area contributed by atoms with Gasteiger partial charge in [0.2, 0.25) is 0 Å². The van der Waals surface area contributed by atoms with E-state index in [1.54, 1.807) is 6.92 Å². The molecule has 112 valence electrons. The third kappa shape index (κ3) is 2.79. The van der Waals surface area contributed by atoms with Crippen molar-refractivity contribution in [2.75, 3.05) is 13.1 Å². The van der Waals surface area contributed by atoms with Crippen LogP contribution in [0.3, 0.4) is 0 Å². The first-order valence-corrected chi connectivity index (χ1v) is 6.30. The van der Waals surface area contributed by atoms with Crippen molar-refractivity contribution in [2.24, 2.45) is 0 Å². The van der Waals surface area contributed by atoms with E-state index < -0.39 is 23.9 Å². The predicted octanol–water partition coefficient (Wildman–Crippen LogP) is 1.36. The van der Waals surface area contributed by atoms with Gasteiger partial charge in [0.15, 0.2) is 5.69 Å². The molecular weight excluding hydrogens is 275 g/mol. The number of aliphatic hydroxyl groups is 1. The van der Waals surface area contributed by atoms with Gasteiger partial charge in [0.25, 0.3) is 5.91 Å². The average Bonchev–Trinajstić information content (AvgIpc) is 2.92. The van der Waals surface area contributed by atoms with Crippen LogP contribution in [0, 0.1) is 6.92 Å². The van der Waals surface area contributed by atoms with Crippen molar-refractivity contribution in [3.8, 4) is 0 Å². The van der Waals surface area contributed by atoms with E-state index in [9.17, 15) is 23.1 Å². The fourth-order valence-electron chi connectivity index (χ4n) is 2.40. The lowest BCUT2D eigenvalue weighted by Gasteiger charge is -2.18. The summed E-state index contributed by atoms with van der Waals surface area (Å²) in [5.41, 5.74) is -0.510. The molecule has 0 aromatic carbocycles. The highest BCUT2D eigenvalue weighted by Crippen LogP contribution is 2.31. The molecule has 2 heterocycles. The van der Waals surface area contributed by atoms with E-state index in [2.05, 4.69) is 5.10 Å². The molecule has 1 N–H and O–H groups in total. The van der Waals surface area contributed by atoms with Crippen LogP contribution in [0.4, 0.5) is 13.2 Å². The fourth-order valence-corrected chi connectivity index (χ4v) is 2.40. The molecule has 1 saturated heterocycles. The smallest absolute Gasteiger partial charge is 0.384 e. The van der Waals surface area contributed by atoms with Crippen LogP contribution in [0.15, 0.2) is 6.07 Å². The zero-order chi connectivity index (χ0) is 15.1. The van der Waals surface area contributed by atoms with E-state index in [1.165, 1.54) is 16.5 Å². The molecule has 1 aliphatic rings. The lowest BCUT2D eigenvalue weighted by molar-refractivity contribution is -0.141. The van der Waals surface area contributed by atoms with Gasteiger partial charge in [-0.2, -0.15) is 18.3 Å². The standard InChI is InChI=1S/C12H16F3N3O2/c1-7-5-10(12(13,14)15)16-18(7)9-3-4-17(6-9)11(20)8(2)19/h5,8-9,19H,3-4,6H2,1-2H3. The van der Waals surface area contributed by atoms with Crippen molar-refractivity contribution in [3.63, 3.8) is 0 Å². The molecule has 5 nitrogen and oxygen atoms in total. The minimum atomic E-state index is -4.47. The number of alkyl halides is 3. The van der Waals surface area contributed by atoms with Gasteiger partial charge in [-0.15, -0.1) is 0 Å². The Kier molecular flexibility index (Phi) is 3.77. The number of likely N-dealkylation sites (tertiary alicyclic amines) is 1. The normalized spacial score (nSPS) is 21.3. The summed E-state index contributed by atoms with van der Waals surface area (Å²) in [5, 5.41) is 12.8. The number of hydrogen-bond acceptors (Lipinski definition) is 3. The molecule has 1 amide bonds. The highest BCUT2D eigenvalue weighted by atomic mass is 19.4. The van der Waals surface area contributed by atoms with Gasteiger partial charge in [0.1, 0.15) is 6.10 Å². The first-order chi connectivity index (χ1) is 9.20. The van der Waals surface area contributed by atoms with Crippen LogP contribution in [0.25, 0.3) is 0 Å². The molecule has 0 saturated carbocycles. The van der Waals surface area contributed by atoms with Crippen molar-refractivity contribution in [3.05, 3.63) is 17.5 Å². The summed E-state index contributed by atoms with van der Waals surface area (Å²) in [4.78, 5) is 13.1. The molecule has 1 aromatic rings. The molecule has 0 aliphatic carbocycles. The minimum Gasteiger partial charge on any atom is -0.384 e. The average molecular weight is 291 g/mol. The molecule has 1 fully saturated rings. The van der Waals surface area contributed by atoms with Gasteiger partial charge >= 0.3 is 6.18 Å². The van der Waals surface area contributed by atoms with Crippen molar-refractivity contribution < 1.29 is 23.1 Å². The van der Waals surface area contributed by atoms with E-state index >= 15 is 0 Å². The van der Waals surface area contributed by atoms with E-state index in [-0.39, 0.29) is 12.6 Å². The van der Waals surface area contributed by atoms with E-state index in [1.807, 2.05) is 0 Å². The molecule has 20 heavy (non-hydrogen) atoms. The van der Waals surface area contributed by atoms with Crippen LogP contribution < -0.4 is 0 Å². The van der Waals surface area contributed by atoms with Crippen molar-refractivity contribution >= 4 is 5.91 Å². The Bertz CT molecular complexity index is 511. The number of carbonyl (C=O) groups is 1. The van der Waals surface area contributed by atoms with Crippen LogP contribution in [-0.2, 0) is 11.0 Å². The Morgan fingerprint density at radius 3 is 2.70 bits per heavy atom. The van der Waals surface area contributed by atoms with Gasteiger partial charge in [-0.25, -0.2) is 0 Å². The lowest BCUT2D eigenvalue weighted by atomic mass is 10.2. The largest absolute Gasteiger partial charge is 0.435 e. The maximum Gasteiger partial charge on any atom is 0.435 e. The van der Waals surface area contributed by atoms with Gasteiger partial charge in [0.05, 0.1) is 6.04 Å². The van der Waals surface area contributed by atoms with Crippen molar-refractivity contribution in [1.29, 1.82) is 0 Å². The summed E-state index contributed by atoms with van der Waals surface area (Å²) in [7, 11) is 0. The second kappa shape index (κ2) is 5.08. The number of carbonyl (C=O) groups excluding carboxylic acids is 1. The number of amides is 1. The summed E-state index contributed by atoms with van der Waals surface area (Å²) in [6.07, 6.45) is -5.04. The highest BCUT2D eigenvalue weighted by molar-refractivity contribution is 5.80. The third-order valence-corrected chi connectivity index (χ3v) is 3.39. The Morgan fingerprint density at radius 1 is 1.55 bits per heavy atom. The van der Waals surface area contributed by atoms with Crippen molar-refractivity contribution in [2.45, 2.75) is 38.6 Å². The summed E-state index contributed by atoms with van der Waals surface area (Å²) in [6, 6.07) is 0.716. The molecule has 2 rings (SSSR count). The fraction of sp³-hybridized carbons (Fsp3) is 0.667. The molecule has 0 spiro atoms. The second-order valence-electron chi connectivity index (χ2n) is 5.02. The van der Waals surface area contributed by atoms with Gasteiger partial charge in [0, 0.05) is 18.8 Å². The summed E-state index contributed by atoms with van der Waals surface area (Å²) in [5.74, 6) is -0.409. The Hall–Kier alpha value is -1.57.